The highest BCUT2D eigenvalue weighted by atomic mass is 79.9. The number of rotatable bonds is 3. The van der Waals surface area contributed by atoms with Crippen molar-refractivity contribution < 1.29 is 13.9 Å². The average Bonchev–Trinajstić information content (AvgIpc) is 2.79. The molecule has 1 N–H and O–H groups in total. The Bertz CT molecular complexity index is 695. The van der Waals surface area contributed by atoms with Gasteiger partial charge in [-0.1, -0.05) is 6.92 Å². The van der Waals surface area contributed by atoms with Crippen molar-refractivity contribution in [3.63, 3.8) is 0 Å². The highest BCUT2D eigenvalue weighted by Gasteiger charge is 2.27. The van der Waals surface area contributed by atoms with Crippen LogP contribution in [0, 0.1) is 5.82 Å². The molecule has 1 aliphatic carbocycles. The fourth-order valence-electron chi connectivity index (χ4n) is 2.99. The Morgan fingerprint density at radius 1 is 1.52 bits per heavy atom. The molecule has 3 rings (SSSR count). The van der Waals surface area contributed by atoms with Crippen LogP contribution in [0.4, 0.5) is 4.39 Å². The Balaban J connectivity index is 2.02. The molecule has 0 saturated heterocycles. The molecule has 1 aliphatic rings. The van der Waals surface area contributed by atoms with E-state index in [-0.39, 0.29) is 17.9 Å². The minimum absolute atomic E-state index is 0.167. The lowest BCUT2D eigenvalue weighted by atomic mass is 9.93. The fourth-order valence-corrected chi connectivity index (χ4v) is 3.52. The van der Waals surface area contributed by atoms with E-state index in [1.807, 2.05) is 6.92 Å². The second-order valence-electron chi connectivity index (χ2n) is 5.45. The van der Waals surface area contributed by atoms with Crippen molar-refractivity contribution >= 4 is 32.8 Å². The molecule has 1 atom stereocenters. The number of esters is 1. The van der Waals surface area contributed by atoms with E-state index in [9.17, 15) is 9.18 Å². The van der Waals surface area contributed by atoms with Crippen LogP contribution in [-0.2, 0) is 16.0 Å². The van der Waals surface area contributed by atoms with Crippen molar-refractivity contribution in [2.24, 2.45) is 0 Å². The molecule has 112 valence electrons. The van der Waals surface area contributed by atoms with Gasteiger partial charge in [0.25, 0.3) is 0 Å². The van der Waals surface area contributed by atoms with Crippen LogP contribution in [0.5, 0.6) is 0 Å². The molecule has 0 spiro atoms. The number of fused-ring (bicyclic) bond motifs is 3. The number of aromatic nitrogens is 1. The molecule has 0 fully saturated rings. The van der Waals surface area contributed by atoms with Crippen LogP contribution in [0.3, 0.4) is 0 Å². The zero-order valence-corrected chi connectivity index (χ0v) is 13.4. The largest absolute Gasteiger partial charge is 0.456 e. The molecule has 1 aromatic heterocycles. The summed E-state index contributed by atoms with van der Waals surface area (Å²) >= 11 is 3.39. The van der Waals surface area contributed by atoms with Crippen LogP contribution in [0.2, 0.25) is 0 Å². The average molecular weight is 354 g/mol. The molecular weight excluding hydrogens is 337 g/mol. The Kier molecular flexibility index (Phi) is 4.02. The maximum atomic E-state index is 13.6. The Labute approximate surface area is 131 Å². The fraction of sp³-hybridized carbons (Fsp3) is 0.438. The molecule has 0 radical (unpaired) electrons. The maximum absolute atomic E-state index is 13.6. The quantitative estimate of drug-likeness (QED) is 0.806. The zero-order valence-electron chi connectivity index (χ0n) is 11.8. The van der Waals surface area contributed by atoms with E-state index in [1.54, 1.807) is 6.07 Å². The topological polar surface area (TPSA) is 42.1 Å². The van der Waals surface area contributed by atoms with Crippen LogP contribution < -0.4 is 0 Å². The summed E-state index contributed by atoms with van der Waals surface area (Å²) in [5.74, 6) is -0.430. The molecule has 21 heavy (non-hydrogen) atoms. The highest BCUT2D eigenvalue weighted by molar-refractivity contribution is 9.10. The first-order valence-electron chi connectivity index (χ1n) is 7.29. The third-order valence-electron chi connectivity index (χ3n) is 3.91. The Morgan fingerprint density at radius 2 is 2.33 bits per heavy atom. The molecule has 0 amide bonds. The number of halogens is 2. The third-order valence-corrected chi connectivity index (χ3v) is 4.53. The molecule has 0 bridgehead atoms. The van der Waals surface area contributed by atoms with Gasteiger partial charge in [-0.25, -0.2) is 4.39 Å². The summed E-state index contributed by atoms with van der Waals surface area (Å²) in [5, 5.41) is 0.883. The molecule has 2 aromatic rings. The van der Waals surface area contributed by atoms with E-state index in [0.717, 1.165) is 47.8 Å². The summed E-state index contributed by atoms with van der Waals surface area (Å²) in [7, 11) is 0. The minimum atomic E-state index is -0.263. The van der Waals surface area contributed by atoms with Gasteiger partial charge in [-0.3, -0.25) is 4.79 Å². The van der Waals surface area contributed by atoms with E-state index >= 15 is 0 Å². The molecule has 1 heterocycles. The van der Waals surface area contributed by atoms with E-state index in [2.05, 4.69) is 20.9 Å². The number of hydrogen-bond acceptors (Lipinski definition) is 2. The molecule has 0 aliphatic heterocycles. The summed E-state index contributed by atoms with van der Waals surface area (Å²) in [6.45, 7) is 1.95. The Hall–Kier alpha value is -1.36. The standard InChI is InChI=1S/C16H17BrFNO2/c1-2-4-14(20)21-13-6-3-5-10-11-7-9(18)8-12(17)15(11)19-16(10)13/h7-8,13,19H,2-6H2,1H3. The number of nitrogens with one attached hydrogen (secondary N) is 1. The summed E-state index contributed by atoms with van der Waals surface area (Å²) in [6.07, 6.45) is 3.61. The zero-order chi connectivity index (χ0) is 15.0. The van der Waals surface area contributed by atoms with Gasteiger partial charge in [0.15, 0.2) is 0 Å². The lowest BCUT2D eigenvalue weighted by Crippen LogP contribution is -2.16. The number of aromatic amines is 1. The molecule has 0 saturated carbocycles. The molecular formula is C16H17BrFNO2. The van der Waals surface area contributed by atoms with Crippen LogP contribution in [0.1, 0.15) is 50.0 Å². The van der Waals surface area contributed by atoms with E-state index in [4.69, 9.17) is 4.74 Å². The van der Waals surface area contributed by atoms with E-state index in [1.165, 1.54) is 6.07 Å². The summed E-state index contributed by atoms with van der Waals surface area (Å²) < 4.78 is 19.9. The maximum Gasteiger partial charge on any atom is 0.306 e. The van der Waals surface area contributed by atoms with Crippen molar-refractivity contribution in [2.75, 3.05) is 0 Å². The smallest absolute Gasteiger partial charge is 0.306 e. The first kappa shape index (κ1) is 14.6. The summed E-state index contributed by atoms with van der Waals surface area (Å²) in [5.41, 5.74) is 2.87. The first-order chi connectivity index (χ1) is 10.1. The number of benzene rings is 1. The number of carbonyl (C=O) groups excluding carboxylic acids is 1. The van der Waals surface area contributed by atoms with Crippen LogP contribution in [0.25, 0.3) is 10.9 Å². The Morgan fingerprint density at radius 3 is 3.10 bits per heavy atom. The lowest BCUT2D eigenvalue weighted by Gasteiger charge is -2.22. The van der Waals surface area contributed by atoms with Crippen molar-refractivity contribution in [1.82, 2.24) is 4.98 Å². The molecule has 1 aromatic carbocycles. The van der Waals surface area contributed by atoms with Gasteiger partial charge >= 0.3 is 5.97 Å². The van der Waals surface area contributed by atoms with Gasteiger partial charge in [0.05, 0.1) is 11.2 Å². The van der Waals surface area contributed by atoms with Crippen molar-refractivity contribution in [3.8, 4) is 0 Å². The van der Waals surface area contributed by atoms with Gasteiger partial charge in [-0.05, 0) is 59.3 Å². The van der Waals surface area contributed by atoms with E-state index < -0.39 is 0 Å². The molecule has 1 unspecified atom stereocenters. The van der Waals surface area contributed by atoms with Crippen molar-refractivity contribution in [1.29, 1.82) is 0 Å². The first-order valence-corrected chi connectivity index (χ1v) is 8.08. The summed E-state index contributed by atoms with van der Waals surface area (Å²) in [4.78, 5) is 15.1. The molecule has 3 nitrogen and oxygen atoms in total. The monoisotopic (exact) mass is 353 g/mol. The minimum Gasteiger partial charge on any atom is -0.456 e. The van der Waals surface area contributed by atoms with Crippen LogP contribution in [-0.4, -0.2) is 11.0 Å². The van der Waals surface area contributed by atoms with Crippen molar-refractivity contribution in [2.45, 2.75) is 45.1 Å². The van der Waals surface area contributed by atoms with Crippen LogP contribution >= 0.6 is 15.9 Å². The van der Waals surface area contributed by atoms with Gasteiger partial charge in [0, 0.05) is 16.3 Å². The van der Waals surface area contributed by atoms with Gasteiger partial charge in [0.1, 0.15) is 11.9 Å². The lowest BCUT2D eigenvalue weighted by molar-refractivity contribution is -0.150. The third kappa shape index (κ3) is 2.71. The number of aryl methyl sites for hydroxylation is 1. The number of H-pyrrole nitrogens is 1. The predicted octanol–water partition coefficient (Wildman–Crippen LogP) is 4.79. The second kappa shape index (κ2) is 5.79. The summed E-state index contributed by atoms with van der Waals surface area (Å²) in [6, 6.07) is 2.99. The number of hydrogen-bond donors (Lipinski definition) is 1. The van der Waals surface area contributed by atoms with Gasteiger partial charge in [0.2, 0.25) is 0 Å². The number of carbonyl (C=O) groups is 1. The second-order valence-corrected chi connectivity index (χ2v) is 6.30. The highest BCUT2D eigenvalue weighted by Crippen LogP contribution is 2.39. The normalized spacial score (nSPS) is 17.8. The predicted molar refractivity (Wildman–Crippen MR) is 82.6 cm³/mol. The number of ether oxygens (including phenoxy) is 1. The van der Waals surface area contributed by atoms with Crippen molar-refractivity contribution in [3.05, 3.63) is 33.7 Å². The van der Waals surface area contributed by atoms with Crippen LogP contribution in [0.15, 0.2) is 16.6 Å². The van der Waals surface area contributed by atoms with Gasteiger partial charge in [-0.15, -0.1) is 0 Å². The van der Waals surface area contributed by atoms with Gasteiger partial charge in [-0.2, -0.15) is 0 Å². The SMILES string of the molecule is CCCC(=O)OC1CCCc2c1[nH]c1c(Br)cc(F)cc21. The van der Waals surface area contributed by atoms with Gasteiger partial charge < -0.3 is 9.72 Å². The molecule has 5 heteroatoms. The van der Waals surface area contributed by atoms with E-state index in [0.29, 0.717) is 10.9 Å².